The highest BCUT2D eigenvalue weighted by atomic mass is 15.1. The smallest absolute Gasteiger partial charge is 0.0601 e. The molecule has 0 aromatic heterocycles. The van der Waals surface area contributed by atoms with Crippen LogP contribution in [-0.2, 0) is 0 Å². The van der Waals surface area contributed by atoms with Gasteiger partial charge in [-0.05, 0) is 27.8 Å². The zero-order valence-electron chi connectivity index (χ0n) is 6.73. The molecule has 0 spiro atoms. The van der Waals surface area contributed by atoms with Gasteiger partial charge < -0.3 is 0 Å². The van der Waals surface area contributed by atoms with Gasteiger partial charge in [0, 0.05) is 6.04 Å². The van der Waals surface area contributed by atoms with E-state index in [0.717, 1.165) is 6.54 Å². The monoisotopic (exact) mass is 125 g/mol. The van der Waals surface area contributed by atoms with Crippen LogP contribution in [0.5, 0.6) is 0 Å². The van der Waals surface area contributed by atoms with Gasteiger partial charge in [0.25, 0.3) is 0 Å². The van der Waals surface area contributed by atoms with Crippen LogP contribution in [0.4, 0.5) is 0 Å². The molecule has 1 nitrogen and oxygen atoms in total. The second kappa shape index (κ2) is 4.40. The normalized spacial score (nSPS) is 9.56. The molecule has 1 heteroatoms. The van der Waals surface area contributed by atoms with E-state index in [0.29, 0.717) is 6.04 Å². The first-order chi connectivity index (χ1) is 4.18. The Morgan fingerprint density at radius 2 is 2.00 bits per heavy atom. The first-order valence-electron chi connectivity index (χ1n) is 3.28. The van der Waals surface area contributed by atoms with Gasteiger partial charge >= 0.3 is 0 Å². The van der Waals surface area contributed by atoms with Gasteiger partial charge in [-0.3, -0.25) is 4.90 Å². The van der Waals surface area contributed by atoms with Crippen LogP contribution in [0, 0.1) is 11.8 Å². The SMILES string of the molecule is CC#CCN(C)C(C)C. The predicted molar refractivity (Wildman–Crippen MR) is 41.2 cm³/mol. The molecule has 0 aliphatic rings. The molecule has 0 atom stereocenters. The van der Waals surface area contributed by atoms with Crippen molar-refractivity contribution in [2.45, 2.75) is 26.8 Å². The molecule has 0 radical (unpaired) electrons. The summed E-state index contributed by atoms with van der Waals surface area (Å²) in [6, 6.07) is 0.603. The van der Waals surface area contributed by atoms with Gasteiger partial charge in [0.1, 0.15) is 0 Å². The van der Waals surface area contributed by atoms with Gasteiger partial charge in [0.15, 0.2) is 0 Å². The third-order valence-electron chi connectivity index (χ3n) is 1.39. The van der Waals surface area contributed by atoms with Crippen molar-refractivity contribution >= 4 is 0 Å². The van der Waals surface area contributed by atoms with Crippen LogP contribution in [0.15, 0.2) is 0 Å². The summed E-state index contributed by atoms with van der Waals surface area (Å²) >= 11 is 0. The minimum absolute atomic E-state index is 0.603. The molecular formula is C8H15N. The molecule has 0 aliphatic carbocycles. The molecule has 0 amide bonds. The third kappa shape index (κ3) is 4.05. The molecule has 0 unspecified atom stereocenters. The topological polar surface area (TPSA) is 3.24 Å². The second-order valence-electron chi connectivity index (χ2n) is 2.44. The molecule has 0 saturated carbocycles. The van der Waals surface area contributed by atoms with Gasteiger partial charge in [0.05, 0.1) is 6.54 Å². The maximum atomic E-state index is 3.01. The van der Waals surface area contributed by atoms with Crippen molar-refractivity contribution in [3.05, 3.63) is 0 Å². The van der Waals surface area contributed by atoms with Crippen LogP contribution in [0.1, 0.15) is 20.8 Å². The summed E-state index contributed by atoms with van der Waals surface area (Å²) in [6.45, 7) is 7.08. The Bertz CT molecular complexity index is 116. The molecular weight excluding hydrogens is 110 g/mol. The van der Waals surface area contributed by atoms with Crippen LogP contribution < -0.4 is 0 Å². The number of hydrogen-bond donors (Lipinski definition) is 0. The van der Waals surface area contributed by atoms with Crippen LogP contribution >= 0.6 is 0 Å². The zero-order chi connectivity index (χ0) is 7.28. The van der Waals surface area contributed by atoms with E-state index >= 15 is 0 Å². The molecule has 0 aliphatic heterocycles. The summed E-state index contributed by atoms with van der Waals surface area (Å²) < 4.78 is 0. The van der Waals surface area contributed by atoms with E-state index in [4.69, 9.17) is 0 Å². The van der Waals surface area contributed by atoms with Gasteiger partial charge in [0.2, 0.25) is 0 Å². The Kier molecular flexibility index (Phi) is 4.17. The summed E-state index contributed by atoms with van der Waals surface area (Å²) in [7, 11) is 2.08. The third-order valence-corrected chi connectivity index (χ3v) is 1.39. The van der Waals surface area contributed by atoms with Crippen molar-refractivity contribution < 1.29 is 0 Å². The fourth-order valence-corrected chi connectivity index (χ4v) is 0.386. The average molecular weight is 125 g/mol. The lowest BCUT2D eigenvalue weighted by Crippen LogP contribution is -2.26. The van der Waals surface area contributed by atoms with Crippen LogP contribution in [-0.4, -0.2) is 24.5 Å². The molecule has 0 heterocycles. The lowest BCUT2D eigenvalue weighted by Gasteiger charge is -2.16. The highest BCUT2D eigenvalue weighted by Crippen LogP contribution is 1.89. The van der Waals surface area contributed by atoms with Crippen LogP contribution in [0.25, 0.3) is 0 Å². The van der Waals surface area contributed by atoms with Crippen molar-refractivity contribution in [2.75, 3.05) is 13.6 Å². The predicted octanol–water partition coefficient (Wildman–Crippen LogP) is 1.35. The van der Waals surface area contributed by atoms with Crippen molar-refractivity contribution in [1.29, 1.82) is 0 Å². The van der Waals surface area contributed by atoms with Crippen LogP contribution in [0.2, 0.25) is 0 Å². The molecule has 0 fully saturated rings. The van der Waals surface area contributed by atoms with E-state index in [2.05, 4.69) is 37.6 Å². The van der Waals surface area contributed by atoms with Gasteiger partial charge in [-0.25, -0.2) is 0 Å². The minimum atomic E-state index is 0.603. The van der Waals surface area contributed by atoms with Gasteiger partial charge in [-0.2, -0.15) is 0 Å². The fraction of sp³-hybridized carbons (Fsp3) is 0.750. The van der Waals surface area contributed by atoms with E-state index in [1.165, 1.54) is 0 Å². The molecule has 52 valence electrons. The molecule has 0 rings (SSSR count). The summed E-state index contributed by atoms with van der Waals surface area (Å²) in [5.41, 5.74) is 0. The first kappa shape index (κ1) is 8.52. The fourth-order valence-electron chi connectivity index (χ4n) is 0.386. The van der Waals surface area contributed by atoms with Gasteiger partial charge in [-0.1, -0.05) is 5.92 Å². The highest BCUT2D eigenvalue weighted by molar-refractivity contribution is 4.97. The highest BCUT2D eigenvalue weighted by Gasteiger charge is 1.97. The number of rotatable bonds is 2. The number of nitrogens with zero attached hydrogens (tertiary/aromatic N) is 1. The standard InChI is InChI=1S/C8H15N/c1-5-6-7-9(4)8(2)3/h8H,7H2,1-4H3. The second-order valence-corrected chi connectivity index (χ2v) is 2.44. The maximum absolute atomic E-state index is 3.01. The van der Waals surface area contributed by atoms with E-state index < -0.39 is 0 Å². The molecule has 0 saturated heterocycles. The maximum Gasteiger partial charge on any atom is 0.0601 e. The van der Waals surface area contributed by atoms with Crippen molar-refractivity contribution in [1.82, 2.24) is 4.90 Å². The zero-order valence-corrected chi connectivity index (χ0v) is 6.73. The molecule has 0 aromatic rings. The van der Waals surface area contributed by atoms with E-state index in [9.17, 15) is 0 Å². The number of hydrogen-bond acceptors (Lipinski definition) is 1. The molecule has 0 N–H and O–H groups in total. The van der Waals surface area contributed by atoms with E-state index in [-0.39, 0.29) is 0 Å². The minimum Gasteiger partial charge on any atom is -0.293 e. The summed E-state index contributed by atoms with van der Waals surface area (Å²) in [4.78, 5) is 2.20. The first-order valence-corrected chi connectivity index (χ1v) is 3.28. The summed E-state index contributed by atoms with van der Waals surface area (Å²) in [5.74, 6) is 5.87. The Morgan fingerprint density at radius 1 is 1.44 bits per heavy atom. The van der Waals surface area contributed by atoms with Crippen LogP contribution in [0.3, 0.4) is 0 Å². The van der Waals surface area contributed by atoms with Crippen molar-refractivity contribution in [3.63, 3.8) is 0 Å². The Labute approximate surface area is 58.1 Å². The van der Waals surface area contributed by atoms with E-state index in [1.807, 2.05) is 6.92 Å². The summed E-state index contributed by atoms with van der Waals surface area (Å²) in [6.07, 6.45) is 0. The lowest BCUT2D eigenvalue weighted by atomic mass is 10.3. The quantitative estimate of drug-likeness (QED) is 0.503. The Morgan fingerprint density at radius 3 is 2.33 bits per heavy atom. The lowest BCUT2D eigenvalue weighted by molar-refractivity contribution is 0.307. The van der Waals surface area contributed by atoms with Gasteiger partial charge in [-0.15, -0.1) is 5.92 Å². The molecule has 9 heavy (non-hydrogen) atoms. The van der Waals surface area contributed by atoms with Crippen molar-refractivity contribution in [2.24, 2.45) is 0 Å². The van der Waals surface area contributed by atoms with E-state index in [1.54, 1.807) is 0 Å². The van der Waals surface area contributed by atoms with Crippen molar-refractivity contribution in [3.8, 4) is 11.8 Å². The largest absolute Gasteiger partial charge is 0.293 e. The molecule has 0 aromatic carbocycles. The average Bonchev–Trinajstić information content (AvgIpc) is 1.82. The molecule has 0 bridgehead atoms. The Balaban J connectivity index is 3.46. The Hall–Kier alpha value is -0.480. The summed E-state index contributed by atoms with van der Waals surface area (Å²) in [5, 5.41) is 0.